The number of nitrogens with zero attached hydrogens (tertiary/aromatic N) is 3. The highest BCUT2D eigenvalue weighted by atomic mass is 16.6. The second kappa shape index (κ2) is 5.84. The molecule has 102 valence electrons. The van der Waals surface area contributed by atoms with E-state index in [9.17, 15) is 25.0 Å². The minimum atomic E-state index is -0.849. The second-order valence-corrected chi connectivity index (χ2v) is 3.49. The molecule has 0 heterocycles. The number of hydrogen-bond donors (Lipinski definition) is 2. The Bertz CT molecular complexity index is 532. The summed E-state index contributed by atoms with van der Waals surface area (Å²) in [6.07, 6.45) is -0.0926. The van der Waals surface area contributed by atoms with Gasteiger partial charge in [0.15, 0.2) is 0 Å². The molecule has 0 saturated carbocycles. The first-order chi connectivity index (χ1) is 8.88. The number of benzene rings is 1. The van der Waals surface area contributed by atoms with Crippen LogP contribution in [-0.2, 0) is 4.79 Å². The van der Waals surface area contributed by atoms with E-state index in [0.29, 0.717) is 5.01 Å². The molecule has 0 unspecified atom stereocenters. The first-order valence-electron chi connectivity index (χ1n) is 5.09. The third-order valence-corrected chi connectivity index (χ3v) is 2.25. The van der Waals surface area contributed by atoms with E-state index in [4.69, 9.17) is 11.6 Å². The van der Waals surface area contributed by atoms with Crippen LogP contribution in [0.25, 0.3) is 0 Å². The number of nitrogens with two attached hydrogens (primary N) is 2. The SMILES string of the molecule is NCCC(=O)N(N)c1ccc([N+](=O)[O-])cc1[N+](=O)[O-]. The second-order valence-electron chi connectivity index (χ2n) is 3.49. The van der Waals surface area contributed by atoms with Crippen LogP contribution < -0.4 is 16.6 Å². The normalized spacial score (nSPS) is 10.0. The molecule has 0 aliphatic heterocycles. The fourth-order valence-electron chi connectivity index (χ4n) is 1.35. The van der Waals surface area contributed by atoms with Gasteiger partial charge in [-0.15, -0.1) is 0 Å². The summed E-state index contributed by atoms with van der Waals surface area (Å²) >= 11 is 0. The number of carbonyl (C=O) groups excluding carboxylic acids is 1. The first-order valence-corrected chi connectivity index (χ1v) is 5.09. The summed E-state index contributed by atoms with van der Waals surface area (Å²) in [5.41, 5.74) is 3.87. The van der Waals surface area contributed by atoms with E-state index in [1.807, 2.05) is 0 Å². The summed E-state index contributed by atoms with van der Waals surface area (Å²) in [6, 6.07) is 2.81. The Hall–Kier alpha value is -2.59. The fourth-order valence-corrected chi connectivity index (χ4v) is 1.35. The summed E-state index contributed by atoms with van der Waals surface area (Å²) in [4.78, 5) is 31.3. The molecule has 10 nitrogen and oxygen atoms in total. The minimum Gasteiger partial charge on any atom is -0.330 e. The van der Waals surface area contributed by atoms with Crippen molar-refractivity contribution in [3.05, 3.63) is 38.4 Å². The zero-order valence-electron chi connectivity index (χ0n) is 9.68. The molecule has 0 aliphatic rings. The number of non-ortho nitro benzene ring substituents is 1. The van der Waals surface area contributed by atoms with Gasteiger partial charge in [0.25, 0.3) is 5.69 Å². The number of rotatable bonds is 5. The molecule has 0 aromatic heterocycles. The Kier molecular flexibility index (Phi) is 4.45. The van der Waals surface area contributed by atoms with Crippen molar-refractivity contribution in [2.24, 2.45) is 11.6 Å². The maximum Gasteiger partial charge on any atom is 0.301 e. The van der Waals surface area contributed by atoms with Crippen molar-refractivity contribution in [3.8, 4) is 0 Å². The first kappa shape index (κ1) is 14.5. The Balaban J connectivity index is 3.23. The van der Waals surface area contributed by atoms with Crippen molar-refractivity contribution in [3.63, 3.8) is 0 Å². The van der Waals surface area contributed by atoms with E-state index in [2.05, 4.69) is 0 Å². The molecular weight excluding hydrogens is 258 g/mol. The molecule has 0 fully saturated rings. The van der Waals surface area contributed by atoms with E-state index in [0.717, 1.165) is 18.2 Å². The van der Waals surface area contributed by atoms with Gasteiger partial charge in [-0.25, -0.2) is 10.9 Å². The molecule has 0 atom stereocenters. The number of hydrazine groups is 1. The van der Waals surface area contributed by atoms with Crippen molar-refractivity contribution < 1.29 is 14.6 Å². The summed E-state index contributed by atoms with van der Waals surface area (Å²) in [5.74, 6) is 4.82. The van der Waals surface area contributed by atoms with Crippen LogP contribution in [-0.4, -0.2) is 22.3 Å². The fraction of sp³-hybridized carbons (Fsp3) is 0.222. The van der Waals surface area contributed by atoms with Gasteiger partial charge in [-0.1, -0.05) is 0 Å². The van der Waals surface area contributed by atoms with E-state index in [1.54, 1.807) is 0 Å². The average molecular weight is 269 g/mol. The molecule has 1 aromatic rings. The van der Waals surface area contributed by atoms with Gasteiger partial charge in [0.05, 0.1) is 15.9 Å². The molecule has 19 heavy (non-hydrogen) atoms. The van der Waals surface area contributed by atoms with Crippen LogP contribution in [0.5, 0.6) is 0 Å². The number of hydrogen-bond acceptors (Lipinski definition) is 7. The lowest BCUT2D eigenvalue weighted by Gasteiger charge is -2.15. The monoisotopic (exact) mass is 269 g/mol. The topological polar surface area (TPSA) is 159 Å². The minimum absolute atomic E-state index is 0.0350. The number of nitro groups is 2. The molecule has 0 aliphatic carbocycles. The van der Waals surface area contributed by atoms with Crippen LogP contribution in [0.1, 0.15) is 6.42 Å². The molecule has 0 bridgehead atoms. The Labute approximate surface area is 106 Å². The summed E-state index contributed by atoms with van der Waals surface area (Å²) in [5, 5.41) is 22.0. The maximum absolute atomic E-state index is 11.5. The van der Waals surface area contributed by atoms with Gasteiger partial charge in [-0.3, -0.25) is 25.0 Å². The lowest BCUT2D eigenvalue weighted by atomic mass is 10.2. The molecule has 0 saturated heterocycles. The average Bonchev–Trinajstić information content (AvgIpc) is 2.37. The van der Waals surface area contributed by atoms with Crippen molar-refractivity contribution in [1.82, 2.24) is 0 Å². The number of carbonyl (C=O) groups is 1. The van der Waals surface area contributed by atoms with E-state index >= 15 is 0 Å². The van der Waals surface area contributed by atoms with Gasteiger partial charge in [0, 0.05) is 19.0 Å². The van der Waals surface area contributed by atoms with Gasteiger partial charge in [-0.05, 0) is 6.07 Å². The lowest BCUT2D eigenvalue weighted by molar-refractivity contribution is -0.393. The molecule has 10 heteroatoms. The zero-order valence-corrected chi connectivity index (χ0v) is 9.68. The molecular formula is C9H11N5O5. The highest BCUT2D eigenvalue weighted by molar-refractivity contribution is 5.94. The standard InChI is InChI=1S/C9H11N5O5/c10-4-3-9(15)12(11)7-2-1-6(13(16)17)5-8(7)14(18)19/h1-2,5H,3-4,10-11H2. The van der Waals surface area contributed by atoms with Gasteiger partial charge in [0.1, 0.15) is 5.69 Å². The largest absolute Gasteiger partial charge is 0.330 e. The van der Waals surface area contributed by atoms with Gasteiger partial charge in [-0.2, -0.15) is 0 Å². The van der Waals surface area contributed by atoms with Crippen molar-refractivity contribution in [1.29, 1.82) is 0 Å². The highest BCUT2D eigenvalue weighted by Crippen LogP contribution is 2.30. The number of nitro benzene ring substituents is 2. The molecule has 1 rings (SSSR count). The third kappa shape index (κ3) is 3.20. The molecule has 0 spiro atoms. The molecule has 1 aromatic carbocycles. The number of anilines is 1. The molecule has 1 amide bonds. The van der Waals surface area contributed by atoms with Crippen molar-refractivity contribution >= 4 is 23.0 Å². The predicted octanol–water partition coefficient (Wildman–Crippen LogP) is 0.0585. The summed E-state index contributed by atoms with van der Waals surface area (Å²) in [6.45, 7) is 0.0350. The van der Waals surface area contributed by atoms with Crippen LogP contribution in [0.2, 0.25) is 0 Å². The van der Waals surface area contributed by atoms with Crippen LogP contribution in [0, 0.1) is 20.2 Å². The smallest absolute Gasteiger partial charge is 0.301 e. The Morgan fingerprint density at radius 2 is 1.89 bits per heavy atom. The molecule has 4 N–H and O–H groups in total. The third-order valence-electron chi connectivity index (χ3n) is 2.25. The van der Waals surface area contributed by atoms with Crippen LogP contribution >= 0.6 is 0 Å². The van der Waals surface area contributed by atoms with E-state index < -0.39 is 27.1 Å². The predicted molar refractivity (Wildman–Crippen MR) is 65.1 cm³/mol. The van der Waals surface area contributed by atoms with Gasteiger partial charge in [0.2, 0.25) is 5.91 Å². The van der Waals surface area contributed by atoms with Gasteiger partial charge >= 0.3 is 5.69 Å². The zero-order chi connectivity index (χ0) is 14.6. The summed E-state index contributed by atoms with van der Waals surface area (Å²) < 4.78 is 0. The van der Waals surface area contributed by atoms with Crippen molar-refractivity contribution in [2.45, 2.75) is 6.42 Å². The summed E-state index contributed by atoms with van der Waals surface area (Å²) in [7, 11) is 0. The van der Waals surface area contributed by atoms with Crippen LogP contribution in [0.15, 0.2) is 18.2 Å². The Morgan fingerprint density at radius 1 is 1.26 bits per heavy atom. The van der Waals surface area contributed by atoms with Crippen molar-refractivity contribution in [2.75, 3.05) is 11.6 Å². The lowest BCUT2D eigenvalue weighted by Crippen LogP contribution is -2.38. The van der Waals surface area contributed by atoms with E-state index in [1.165, 1.54) is 0 Å². The Morgan fingerprint density at radius 3 is 2.37 bits per heavy atom. The number of amides is 1. The highest BCUT2D eigenvalue weighted by Gasteiger charge is 2.24. The van der Waals surface area contributed by atoms with E-state index in [-0.39, 0.29) is 18.7 Å². The maximum atomic E-state index is 11.5. The van der Waals surface area contributed by atoms with Crippen LogP contribution in [0.3, 0.4) is 0 Å². The van der Waals surface area contributed by atoms with Gasteiger partial charge < -0.3 is 5.73 Å². The molecule has 0 radical (unpaired) electrons. The van der Waals surface area contributed by atoms with Crippen LogP contribution in [0.4, 0.5) is 17.1 Å². The quantitative estimate of drug-likeness (QED) is 0.330.